The number of likely N-dealkylation sites (tertiary alicyclic amines) is 1. The molecular weight excluding hydrogens is 292 g/mol. The number of rotatable bonds is 7. The van der Waals surface area contributed by atoms with Crippen LogP contribution in [0.25, 0.3) is 0 Å². The van der Waals surface area contributed by atoms with E-state index in [1.54, 1.807) is 0 Å². The van der Waals surface area contributed by atoms with Crippen molar-refractivity contribution in [1.82, 2.24) is 10.2 Å². The van der Waals surface area contributed by atoms with E-state index in [0.717, 1.165) is 6.54 Å². The van der Waals surface area contributed by atoms with Gasteiger partial charge in [0.15, 0.2) is 0 Å². The van der Waals surface area contributed by atoms with E-state index >= 15 is 0 Å². The summed E-state index contributed by atoms with van der Waals surface area (Å²) in [5.41, 5.74) is 3.41. The number of benzene rings is 2. The molecule has 0 aromatic heterocycles. The maximum Gasteiger partial charge on any atom is 0.0207 e. The van der Waals surface area contributed by atoms with Crippen molar-refractivity contribution in [3.8, 4) is 0 Å². The second kappa shape index (κ2) is 7.08. The highest BCUT2D eigenvalue weighted by Crippen LogP contribution is 2.47. The Hall–Kier alpha value is -1.64. The van der Waals surface area contributed by atoms with Crippen LogP contribution in [0.1, 0.15) is 30.4 Å². The van der Waals surface area contributed by atoms with Gasteiger partial charge in [-0.15, -0.1) is 0 Å². The van der Waals surface area contributed by atoms with Crippen molar-refractivity contribution in [3.05, 3.63) is 71.8 Å². The minimum absolute atomic E-state index is 0.429. The number of nitrogens with zero attached hydrogens (tertiary/aromatic N) is 1. The lowest BCUT2D eigenvalue weighted by molar-refractivity contribution is 0.330. The smallest absolute Gasteiger partial charge is 0.0207 e. The van der Waals surface area contributed by atoms with E-state index < -0.39 is 0 Å². The Balaban J connectivity index is 1.23. The van der Waals surface area contributed by atoms with Gasteiger partial charge in [0.25, 0.3) is 0 Å². The maximum absolute atomic E-state index is 3.87. The summed E-state index contributed by atoms with van der Waals surface area (Å²) in [4.78, 5) is 2.62. The van der Waals surface area contributed by atoms with Crippen LogP contribution in [-0.4, -0.2) is 37.1 Å². The fourth-order valence-corrected chi connectivity index (χ4v) is 3.98. The van der Waals surface area contributed by atoms with Gasteiger partial charge in [-0.1, -0.05) is 60.7 Å². The molecule has 1 heterocycles. The molecule has 1 atom stereocenters. The van der Waals surface area contributed by atoms with E-state index in [2.05, 4.69) is 70.9 Å². The van der Waals surface area contributed by atoms with E-state index in [9.17, 15) is 0 Å². The zero-order valence-corrected chi connectivity index (χ0v) is 14.5. The Kier molecular flexibility index (Phi) is 4.68. The molecule has 2 aromatic carbocycles. The second-order valence-electron chi connectivity index (χ2n) is 7.55. The quantitative estimate of drug-likeness (QED) is 0.838. The molecule has 24 heavy (non-hydrogen) atoms. The molecule has 1 N–H and O–H groups in total. The molecule has 0 bridgehead atoms. The van der Waals surface area contributed by atoms with Gasteiger partial charge in [-0.3, -0.25) is 0 Å². The average Bonchev–Trinajstić information content (AvgIpc) is 3.31. The molecule has 126 valence electrons. The monoisotopic (exact) mass is 320 g/mol. The van der Waals surface area contributed by atoms with Gasteiger partial charge in [0.1, 0.15) is 0 Å². The van der Waals surface area contributed by atoms with Crippen molar-refractivity contribution >= 4 is 0 Å². The number of hydrogen-bond acceptors (Lipinski definition) is 2. The zero-order valence-electron chi connectivity index (χ0n) is 14.5. The van der Waals surface area contributed by atoms with Gasteiger partial charge in [0.2, 0.25) is 0 Å². The van der Waals surface area contributed by atoms with Crippen LogP contribution in [0.5, 0.6) is 0 Å². The first-order valence-corrected chi connectivity index (χ1v) is 9.39. The fraction of sp³-hybridized carbons (Fsp3) is 0.455. The molecular formula is C22H28N2. The molecule has 0 spiro atoms. The van der Waals surface area contributed by atoms with Crippen LogP contribution >= 0.6 is 0 Å². The molecule has 2 nitrogen and oxygen atoms in total. The predicted molar refractivity (Wildman–Crippen MR) is 100 cm³/mol. The van der Waals surface area contributed by atoms with Gasteiger partial charge in [-0.25, -0.2) is 0 Å². The summed E-state index contributed by atoms with van der Waals surface area (Å²) in [6, 6.07) is 22.6. The minimum Gasteiger partial charge on any atom is -0.312 e. The molecule has 1 aliphatic carbocycles. The van der Waals surface area contributed by atoms with Crippen molar-refractivity contribution in [3.63, 3.8) is 0 Å². The third-order valence-electron chi connectivity index (χ3n) is 5.80. The Bertz CT molecular complexity index is 634. The summed E-state index contributed by atoms with van der Waals surface area (Å²) in [6.07, 6.45) is 5.14. The lowest BCUT2D eigenvalue weighted by atomic mass is 9.95. The molecule has 4 rings (SSSR count). The summed E-state index contributed by atoms with van der Waals surface area (Å²) in [5, 5.41) is 3.87. The molecule has 1 aliphatic heterocycles. The standard InChI is InChI=1S/C22H28N2/c1-3-7-19(8-4-1)11-15-24-16-12-21(17-24)23-18-22(13-14-22)20-9-5-2-6-10-20/h1-10,21,23H,11-18H2/t21-/m1/s1. The molecule has 0 unspecified atom stereocenters. The van der Waals surface area contributed by atoms with Crippen LogP contribution in [0, 0.1) is 0 Å². The van der Waals surface area contributed by atoms with Crippen LogP contribution in [0.2, 0.25) is 0 Å². The van der Waals surface area contributed by atoms with E-state index in [1.165, 1.54) is 56.4 Å². The fourth-order valence-electron chi connectivity index (χ4n) is 3.98. The molecule has 1 saturated heterocycles. The Morgan fingerprint density at radius 1 is 0.958 bits per heavy atom. The SMILES string of the molecule is c1ccc(CCN2CC[C@@H](NCC3(c4ccccc4)CC3)C2)cc1. The first kappa shape index (κ1) is 15.9. The van der Waals surface area contributed by atoms with E-state index in [4.69, 9.17) is 0 Å². The summed E-state index contributed by atoms with van der Waals surface area (Å²) in [6.45, 7) is 4.78. The molecule has 2 aliphatic rings. The van der Waals surface area contributed by atoms with Crippen molar-refractivity contribution in [2.75, 3.05) is 26.2 Å². The first-order valence-electron chi connectivity index (χ1n) is 9.39. The van der Waals surface area contributed by atoms with Crippen molar-refractivity contribution < 1.29 is 0 Å². The largest absolute Gasteiger partial charge is 0.312 e. The molecule has 2 aromatic rings. The normalized spacial score (nSPS) is 22.6. The molecule has 2 heteroatoms. The Morgan fingerprint density at radius 3 is 2.38 bits per heavy atom. The highest BCUT2D eigenvalue weighted by Gasteiger charge is 2.44. The molecule has 1 saturated carbocycles. The Labute approximate surface area is 145 Å². The minimum atomic E-state index is 0.429. The van der Waals surface area contributed by atoms with Gasteiger partial charge in [0.05, 0.1) is 0 Å². The van der Waals surface area contributed by atoms with Crippen molar-refractivity contribution in [2.24, 2.45) is 0 Å². The lowest BCUT2D eigenvalue weighted by Crippen LogP contribution is -2.38. The topological polar surface area (TPSA) is 15.3 Å². The highest BCUT2D eigenvalue weighted by molar-refractivity contribution is 5.31. The van der Waals surface area contributed by atoms with Crippen LogP contribution in [0.15, 0.2) is 60.7 Å². The van der Waals surface area contributed by atoms with Crippen LogP contribution < -0.4 is 5.32 Å². The predicted octanol–water partition coefficient (Wildman–Crippen LogP) is 3.62. The lowest BCUT2D eigenvalue weighted by Gasteiger charge is -2.21. The van der Waals surface area contributed by atoms with Crippen LogP contribution in [0.4, 0.5) is 0 Å². The highest BCUT2D eigenvalue weighted by atomic mass is 15.2. The zero-order chi connectivity index (χ0) is 16.2. The van der Waals surface area contributed by atoms with Crippen LogP contribution in [0.3, 0.4) is 0 Å². The maximum atomic E-state index is 3.87. The van der Waals surface area contributed by atoms with Gasteiger partial charge in [0, 0.05) is 31.1 Å². The summed E-state index contributed by atoms with van der Waals surface area (Å²) < 4.78 is 0. The van der Waals surface area contributed by atoms with Gasteiger partial charge < -0.3 is 10.2 Å². The van der Waals surface area contributed by atoms with Crippen LogP contribution in [-0.2, 0) is 11.8 Å². The Morgan fingerprint density at radius 2 is 1.67 bits per heavy atom. The molecule has 2 fully saturated rings. The first-order chi connectivity index (χ1) is 11.8. The second-order valence-corrected chi connectivity index (χ2v) is 7.55. The molecule has 0 radical (unpaired) electrons. The third-order valence-corrected chi connectivity index (χ3v) is 5.80. The van der Waals surface area contributed by atoms with E-state index in [1.807, 2.05) is 0 Å². The number of hydrogen-bond donors (Lipinski definition) is 1. The van der Waals surface area contributed by atoms with Gasteiger partial charge in [-0.05, 0) is 43.4 Å². The van der Waals surface area contributed by atoms with Crippen molar-refractivity contribution in [1.29, 1.82) is 0 Å². The van der Waals surface area contributed by atoms with E-state index in [-0.39, 0.29) is 0 Å². The third kappa shape index (κ3) is 3.71. The number of nitrogens with one attached hydrogen (secondary N) is 1. The van der Waals surface area contributed by atoms with Gasteiger partial charge in [-0.2, -0.15) is 0 Å². The summed E-state index contributed by atoms with van der Waals surface area (Å²) >= 11 is 0. The van der Waals surface area contributed by atoms with E-state index in [0.29, 0.717) is 11.5 Å². The van der Waals surface area contributed by atoms with Gasteiger partial charge >= 0.3 is 0 Å². The average molecular weight is 320 g/mol. The molecule has 0 amide bonds. The summed E-state index contributed by atoms with van der Waals surface area (Å²) in [5.74, 6) is 0. The van der Waals surface area contributed by atoms with Crippen molar-refractivity contribution in [2.45, 2.75) is 37.1 Å². The summed E-state index contributed by atoms with van der Waals surface area (Å²) in [7, 11) is 0.